The van der Waals surface area contributed by atoms with Crippen molar-refractivity contribution in [2.24, 2.45) is 0 Å². The molecule has 1 heterocycles. The number of hydrogen-bond acceptors (Lipinski definition) is 3. The van der Waals surface area contributed by atoms with E-state index in [1.165, 1.54) is 0 Å². The Morgan fingerprint density at radius 1 is 1.13 bits per heavy atom. The summed E-state index contributed by atoms with van der Waals surface area (Å²) in [6.07, 6.45) is 3.69. The lowest BCUT2D eigenvalue weighted by Gasteiger charge is -2.23. The van der Waals surface area contributed by atoms with E-state index in [9.17, 15) is 0 Å². The van der Waals surface area contributed by atoms with Gasteiger partial charge in [-0.05, 0) is 13.8 Å². The van der Waals surface area contributed by atoms with Gasteiger partial charge in [0.25, 0.3) is 0 Å². The van der Waals surface area contributed by atoms with Crippen molar-refractivity contribution in [3.63, 3.8) is 0 Å². The summed E-state index contributed by atoms with van der Waals surface area (Å²) in [6, 6.07) is 0. The summed E-state index contributed by atoms with van der Waals surface area (Å²) in [6.45, 7) is 12.7. The molecule has 0 amide bonds. The van der Waals surface area contributed by atoms with Crippen molar-refractivity contribution in [1.29, 1.82) is 0 Å². The van der Waals surface area contributed by atoms with Gasteiger partial charge in [0.2, 0.25) is 0 Å². The summed E-state index contributed by atoms with van der Waals surface area (Å²) in [5.41, 5.74) is 1.11. The van der Waals surface area contributed by atoms with Crippen LogP contribution in [0.2, 0.25) is 0 Å². The first-order valence-electron chi connectivity index (χ1n) is 5.56. The van der Waals surface area contributed by atoms with E-state index in [0.717, 1.165) is 24.6 Å². The van der Waals surface area contributed by atoms with Crippen LogP contribution in [0.25, 0.3) is 0 Å². The van der Waals surface area contributed by atoms with Crippen LogP contribution in [0.1, 0.15) is 40.3 Å². The largest absolute Gasteiger partial charge is 0.356 e. The van der Waals surface area contributed by atoms with E-state index in [0.29, 0.717) is 0 Å². The molecule has 0 unspecified atom stereocenters. The van der Waals surface area contributed by atoms with Gasteiger partial charge in [-0.2, -0.15) is 0 Å². The maximum Gasteiger partial charge on any atom is 0.147 e. The predicted molar refractivity (Wildman–Crippen MR) is 64.3 cm³/mol. The Hall–Kier alpha value is -1.12. The minimum Gasteiger partial charge on any atom is -0.356 e. The lowest BCUT2D eigenvalue weighted by atomic mass is 9.93. The first-order valence-corrected chi connectivity index (χ1v) is 5.56. The zero-order valence-electron chi connectivity index (χ0n) is 10.4. The number of anilines is 1. The van der Waals surface area contributed by atoms with Crippen molar-refractivity contribution < 1.29 is 0 Å². The highest BCUT2D eigenvalue weighted by atomic mass is 15.2. The molecule has 0 spiro atoms. The van der Waals surface area contributed by atoms with Crippen molar-refractivity contribution in [2.45, 2.75) is 40.0 Å². The van der Waals surface area contributed by atoms with E-state index in [1.807, 2.05) is 12.4 Å². The Labute approximate surface area is 92.6 Å². The fourth-order valence-corrected chi connectivity index (χ4v) is 1.42. The number of rotatable bonds is 3. The van der Waals surface area contributed by atoms with Crippen LogP contribution in [0.5, 0.6) is 0 Å². The van der Waals surface area contributed by atoms with Gasteiger partial charge in [0.15, 0.2) is 0 Å². The highest BCUT2D eigenvalue weighted by Gasteiger charge is 2.17. The van der Waals surface area contributed by atoms with Gasteiger partial charge in [-0.25, -0.2) is 4.98 Å². The quantitative estimate of drug-likeness (QED) is 0.763. The molecule has 0 aliphatic heterocycles. The maximum absolute atomic E-state index is 4.65. The molecule has 15 heavy (non-hydrogen) atoms. The van der Waals surface area contributed by atoms with E-state index in [1.54, 1.807) is 0 Å². The lowest BCUT2D eigenvalue weighted by molar-refractivity contribution is 0.564. The Morgan fingerprint density at radius 3 is 2.20 bits per heavy atom. The summed E-state index contributed by atoms with van der Waals surface area (Å²) in [7, 11) is 0. The molecule has 0 atom stereocenters. The first-order chi connectivity index (χ1) is 6.99. The van der Waals surface area contributed by atoms with Crippen LogP contribution in [0.4, 0.5) is 5.82 Å². The van der Waals surface area contributed by atoms with Gasteiger partial charge < -0.3 is 4.90 Å². The summed E-state index contributed by atoms with van der Waals surface area (Å²) in [4.78, 5) is 11.1. The Morgan fingerprint density at radius 2 is 1.73 bits per heavy atom. The van der Waals surface area contributed by atoms with Gasteiger partial charge in [-0.15, -0.1) is 0 Å². The number of aromatic nitrogens is 2. The fraction of sp³-hybridized carbons (Fsp3) is 0.667. The molecular weight excluding hydrogens is 186 g/mol. The second-order valence-corrected chi connectivity index (χ2v) is 4.68. The molecule has 1 rings (SSSR count). The summed E-state index contributed by atoms with van der Waals surface area (Å²) >= 11 is 0. The Bertz CT molecular complexity index is 311. The average molecular weight is 207 g/mol. The summed E-state index contributed by atoms with van der Waals surface area (Å²) in [5, 5.41) is 0. The van der Waals surface area contributed by atoms with Crippen LogP contribution in [-0.2, 0) is 5.41 Å². The van der Waals surface area contributed by atoms with Crippen molar-refractivity contribution in [3.05, 3.63) is 18.1 Å². The van der Waals surface area contributed by atoms with Crippen LogP contribution < -0.4 is 4.90 Å². The molecular formula is C12H21N3. The third-order valence-electron chi connectivity index (χ3n) is 2.48. The molecule has 0 saturated carbocycles. The van der Waals surface area contributed by atoms with Crippen LogP contribution in [0, 0.1) is 0 Å². The van der Waals surface area contributed by atoms with Crippen LogP contribution >= 0.6 is 0 Å². The highest BCUT2D eigenvalue weighted by molar-refractivity contribution is 5.36. The predicted octanol–water partition coefficient (Wildman–Crippen LogP) is 2.62. The summed E-state index contributed by atoms with van der Waals surface area (Å²) in [5.74, 6) is 0.979. The van der Waals surface area contributed by atoms with Crippen LogP contribution in [0.3, 0.4) is 0 Å². The molecule has 0 aliphatic rings. The molecule has 1 aromatic heterocycles. The molecule has 0 N–H and O–H groups in total. The highest BCUT2D eigenvalue weighted by Crippen LogP contribution is 2.21. The van der Waals surface area contributed by atoms with Crippen LogP contribution in [0.15, 0.2) is 12.4 Å². The normalized spacial score (nSPS) is 11.5. The molecule has 84 valence electrons. The van der Waals surface area contributed by atoms with Gasteiger partial charge in [-0.3, -0.25) is 4.98 Å². The van der Waals surface area contributed by atoms with Crippen LogP contribution in [-0.4, -0.2) is 23.1 Å². The Kier molecular flexibility index (Phi) is 3.66. The van der Waals surface area contributed by atoms with Crippen molar-refractivity contribution in [2.75, 3.05) is 18.0 Å². The fourth-order valence-electron chi connectivity index (χ4n) is 1.42. The van der Waals surface area contributed by atoms with Gasteiger partial charge in [-0.1, -0.05) is 20.8 Å². The number of nitrogens with zero attached hydrogens (tertiary/aromatic N) is 3. The van der Waals surface area contributed by atoms with E-state index < -0.39 is 0 Å². The van der Waals surface area contributed by atoms with Crippen molar-refractivity contribution >= 4 is 5.82 Å². The van der Waals surface area contributed by atoms with Gasteiger partial charge >= 0.3 is 0 Å². The third kappa shape index (κ3) is 2.91. The Balaban J connectivity index is 3.02. The number of hydrogen-bond donors (Lipinski definition) is 0. The average Bonchev–Trinajstić information content (AvgIpc) is 2.19. The maximum atomic E-state index is 4.65. The topological polar surface area (TPSA) is 29.0 Å². The van der Waals surface area contributed by atoms with Crippen molar-refractivity contribution in [3.8, 4) is 0 Å². The molecule has 0 radical (unpaired) electrons. The second-order valence-electron chi connectivity index (χ2n) is 4.68. The standard InChI is InChI=1S/C12H21N3/c1-6-15(7-2)11-9-13-8-10(14-11)12(3,4)5/h8-9H,6-7H2,1-5H3. The lowest BCUT2D eigenvalue weighted by Crippen LogP contribution is -2.25. The molecule has 3 heteroatoms. The molecule has 3 nitrogen and oxygen atoms in total. The molecule has 0 bridgehead atoms. The monoisotopic (exact) mass is 207 g/mol. The zero-order chi connectivity index (χ0) is 11.5. The smallest absolute Gasteiger partial charge is 0.147 e. The molecule has 0 aliphatic carbocycles. The molecule has 0 saturated heterocycles. The van der Waals surface area contributed by atoms with E-state index >= 15 is 0 Å². The first kappa shape index (κ1) is 12.0. The van der Waals surface area contributed by atoms with E-state index in [2.05, 4.69) is 49.5 Å². The third-order valence-corrected chi connectivity index (χ3v) is 2.48. The van der Waals surface area contributed by atoms with E-state index in [-0.39, 0.29) is 5.41 Å². The molecule has 0 fully saturated rings. The molecule has 0 aromatic carbocycles. The van der Waals surface area contributed by atoms with Crippen molar-refractivity contribution in [1.82, 2.24) is 9.97 Å². The SMILES string of the molecule is CCN(CC)c1cncc(C(C)(C)C)n1. The molecule has 1 aromatic rings. The van der Waals surface area contributed by atoms with Gasteiger partial charge in [0.05, 0.1) is 11.9 Å². The summed E-state index contributed by atoms with van der Waals surface area (Å²) < 4.78 is 0. The second kappa shape index (κ2) is 4.60. The van der Waals surface area contributed by atoms with Gasteiger partial charge in [0.1, 0.15) is 5.82 Å². The minimum atomic E-state index is 0.0656. The minimum absolute atomic E-state index is 0.0656. The van der Waals surface area contributed by atoms with E-state index in [4.69, 9.17) is 0 Å². The van der Waals surface area contributed by atoms with Gasteiger partial charge in [0, 0.05) is 24.7 Å². The zero-order valence-corrected chi connectivity index (χ0v) is 10.4.